The minimum atomic E-state index is -0.0783. The number of benzene rings is 1. The van der Waals surface area contributed by atoms with E-state index in [2.05, 4.69) is 36.7 Å². The van der Waals surface area contributed by atoms with E-state index in [1.165, 1.54) is 0 Å². The number of Topliss-reactive ketones (excluding diaryl/α,β-unsaturated/α-hetero) is 1. The fourth-order valence-corrected chi connectivity index (χ4v) is 1.72. The molecule has 0 aromatic heterocycles. The first kappa shape index (κ1) is 14.4. The number of carbonyl (C=O) groups excluding carboxylic acids is 1. The number of nitrogens with two attached hydrogens (primary N) is 1. The van der Waals surface area contributed by atoms with E-state index < -0.39 is 0 Å². The minimum absolute atomic E-state index is 0.0185. The summed E-state index contributed by atoms with van der Waals surface area (Å²) in [4.78, 5) is 11.9. The van der Waals surface area contributed by atoms with E-state index in [1.807, 2.05) is 24.3 Å². The Morgan fingerprint density at radius 2 is 1.82 bits per heavy atom. The van der Waals surface area contributed by atoms with Gasteiger partial charge in [-0.3, -0.25) is 4.79 Å². The van der Waals surface area contributed by atoms with E-state index in [0.29, 0.717) is 12.8 Å². The molecule has 1 aromatic rings. The summed E-state index contributed by atoms with van der Waals surface area (Å²) in [6, 6.07) is 7.75. The van der Waals surface area contributed by atoms with Gasteiger partial charge in [0.25, 0.3) is 0 Å². The van der Waals surface area contributed by atoms with Gasteiger partial charge in [-0.15, -0.1) is 0 Å². The van der Waals surface area contributed by atoms with E-state index in [0.717, 1.165) is 10.0 Å². The molecule has 0 spiro atoms. The van der Waals surface area contributed by atoms with Crippen molar-refractivity contribution < 1.29 is 4.79 Å². The molecule has 1 unspecified atom stereocenters. The molecule has 0 aliphatic rings. The van der Waals surface area contributed by atoms with Gasteiger partial charge in [0.15, 0.2) is 0 Å². The maximum absolute atomic E-state index is 11.9. The van der Waals surface area contributed by atoms with Crippen LogP contribution in [-0.2, 0) is 11.2 Å². The Kier molecular flexibility index (Phi) is 4.90. The lowest BCUT2D eigenvalue weighted by atomic mass is 9.84. The van der Waals surface area contributed by atoms with Crippen LogP contribution >= 0.6 is 15.9 Å². The second kappa shape index (κ2) is 5.78. The second-order valence-corrected chi connectivity index (χ2v) is 6.43. The van der Waals surface area contributed by atoms with E-state index in [1.54, 1.807) is 0 Å². The first-order chi connectivity index (χ1) is 7.79. The predicted octanol–water partition coefficient (Wildman–Crippen LogP) is 3.32. The highest BCUT2D eigenvalue weighted by atomic mass is 79.9. The third-order valence-electron chi connectivity index (χ3n) is 2.87. The molecule has 0 radical (unpaired) electrons. The number of carbonyl (C=O) groups is 1. The summed E-state index contributed by atoms with van der Waals surface area (Å²) >= 11 is 3.37. The van der Waals surface area contributed by atoms with Crippen molar-refractivity contribution in [3.63, 3.8) is 0 Å². The summed E-state index contributed by atoms with van der Waals surface area (Å²) in [6.07, 6.45) is 0.913. The lowest BCUT2D eigenvalue weighted by Crippen LogP contribution is -2.37. The molecule has 0 amide bonds. The Morgan fingerprint density at radius 1 is 1.29 bits per heavy atom. The van der Waals surface area contributed by atoms with Crippen LogP contribution in [0.4, 0.5) is 0 Å². The fourth-order valence-electron chi connectivity index (χ4n) is 1.45. The summed E-state index contributed by atoms with van der Waals surface area (Å²) in [6.45, 7) is 6.18. The molecule has 3 heteroatoms. The maximum atomic E-state index is 11.9. The molecule has 1 atom stereocenters. The lowest BCUT2D eigenvalue weighted by Gasteiger charge is -2.26. The summed E-state index contributed by atoms with van der Waals surface area (Å²) in [5.74, 6) is 0.203. The van der Waals surface area contributed by atoms with Gasteiger partial charge in [0, 0.05) is 23.4 Å². The van der Waals surface area contributed by atoms with Gasteiger partial charge in [-0.25, -0.2) is 0 Å². The fraction of sp³-hybridized carbons (Fsp3) is 0.500. The Morgan fingerprint density at radius 3 is 2.29 bits per heavy atom. The Bertz CT molecular complexity index is 378. The van der Waals surface area contributed by atoms with Gasteiger partial charge in [-0.05, 0) is 23.1 Å². The van der Waals surface area contributed by atoms with Crippen LogP contribution in [0.2, 0.25) is 0 Å². The first-order valence-electron chi connectivity index (χ1n) is 5.81. The van der Waals surface area contributed by atoms with E-state index in [-0.39, 0.29) is 17.2 Å². The van der Waals surface area contributed by atoms with Crippen molar-refractivity contribution >= 4 is 21.7 Å². The van der Waals surface area contributed by atoms with Crippen molar-refractivity contribution in [2.75, 3.05) is 0 Å². The zero-order valence-corrected chi connectivity index (χ0v) is 12.3. The van der Waals surface area contributed by atoms with E-state index in [9.17, 15) is 4.79 Å². The van der Waals surface area contributed by atoms with E-state index in [4.69, 9.17) is 5.73 Å². The molecule has 94 valence electrons. The molecule has 0 aliphatic heterocycles. The van der Waals surface area contributed by atoms with Gasteiger partial charge in [0.2, 0.25) is 0 Å². The normalized spacial score (nSPS) is 13.5. The quantitative estimate of drug-likeness (QED) is 0.926. The van der Waals surface area contributed by atoms with Crippen molar-refractivity contribution in [2.24, 2.45) is 11.1 Å². The Hall–Kier alpha value is -0.670. The molecule has 17 heavy (non-hydrogen) atoms. The average molecular weight is 298 g/mol. The van der Waals surface area contributed by atoms with Crippen molar-refractivity contribution in [1.82, 2.24) is 0 Å². The summed E-state index contributed by atoms with van der Waals surface area (Å²) in [5.41, 5.74) is 7.02. The first-order valence-corrected chi connectivity index (χ1v) is 6.60. The largest absolute Gasteiger partial charge is 0.327 e. The zero-order valence-electron chi connectivity index (χ0n) is 10.7. The molecule has 0 heterocycles. The van der Waals surface area contributed by atoms with Crippen LogP contribution in [-0.4, -0.2) is 11.8 Å². The van der Waals surface area contributed by atoms with Crippen LogP contribution < -0.4 is 5.73 Å². The molecular weight excluding hydrogens is 278 g/mol. The zero-order chi connectivity index (χ0) is 13.1. The van der Waals surface area contributed by atoms with Crippen molar-refractivity contribution in [1.29, 1.82) is 0 Å². The molecule has 0 bridgehead atoms. The maximum Gasteiger partial charge on any atom is 0.138 e. The van der Waals surface area contributed by atoms with Crippen LogP contribution in [0, 0.1) is 5.41 Å². The van der Waals surface area contributed by atoms with Crippen LogP contribution in [0.3, 0.4) is 0 Å². The lowest BCUT2D eigenvalue weighted by molar-refractivity contribution is -0.119. The molecule has 0 saturated carbocycles. The van der Waals surface area contributed by atoms with Gasteiger partial charge in [0.1, 0.15) is 5.78 Å². The van der Waals surface area contributed by atoms with Gasteiger partial charge in [0.05, 0.1) is 0 Å². The van der Waals surface area contributed by atoms with Crippen LogP contribution in [0.1, 0.15) is 32.8 Å². The third kappa shape index (κ3) is 5.00. The van der Waals surface area contributed by atoms with Crippen LogP contribution in [0.15, 0.2) is 28.7 Å². The summed E-state index contributed by atoms with van der Waals surface area (Å²) < 4.78 is 1.03. The van der Waals surface area contributed by atoms with Gasteiger partial charge < -0.3 is 5.73 Å². The molecule has 0 fully saturated rings. The van der Waals surface area contributed by atoms with Gasteiger partial charge in [-0.1, -0.05) is 48.8 Å². The monoisotopic (exact) mass is 297 g/mol. The molecule has 1 rings (SSSR count). The highest BCUT2D eigenvalue weighted by molar-refractivity contribution is 9.10. The highest BCUT2D eigenvalue weighted by Gasteiger charge is 2.22. The van der Waals surface area contributed by atoms with Gasteiger partial charge in [-0.2, -0.15) is 0 Å². The molecule has 0 saturated heterocycles. The molecular formula is C14H20BrNO. The number of halogens is 1. The number of hydrogen-bond donors (Lipinski definition) is 1. The predicted molar refractivity (Wildman–Crippen MR) is 74.9 cm³/mol. The van der Waals surface area contributed by atoms with Crippen LogP contribution in [0.25, 0.3) is 0 Å². The molecule has 2 nitrogen and oxygen atoms in total. The SMILES string of the molecule is CC(C)(C)C(N)CC(=O)Cc1ccc(Br)cc1. The van der Waals surface area contributed by atoms with Crippen LogP contribution in [0.5, 0.6) is 0 Å². The third-order valence-corrected chi connectivity index (χ3v) is 3.40. The average Bonchev–Trinajstić information content (AvgIpc) is 2.20. The molecule has 0 aliphatic carbocycles. The van der Waals surface area contributed by atoms with Crippen molar-refractivity contribution in [3.8, 4) is 0 Å². The smallest absolute Gasteiger partial charge is 0.138 e. The van der Waals surface area contributed by atoms with Crippen molar-refractivity contribution in [3.05, 3.63) is 34.3 Å². The Labute approximate surface area is 112 Å². The summed E-state index contributed by atoms with van der Waals surface area (Å²) in [5, 5.41) is 0. The highest BCUT2D eigenvalue weighted by Crippen LogP contribution is 2.20. The Balaban J connectivity index is 2.53. The topological polar surface area (TPSA) is 43.1 Å². The minimum Gasteiger partial charge on any atom is -0.327 e. The molecule has 1 aromatic carbocycles. The number of ketones is 1. The standard InChI is InChI=1S/C14H20BrNO/c1-14(2,3)13(16)9-12(17)8-10-4-6-11(15)7-5-10/h4-7,13H,8-9,16H2,1-3H3. The molecule has 2 N–H and O–H groups in total. The second-order valence-electron chi connectivity index (χ2n) is 5.52. The van der Waals surface area contributed by atoms with E-state index >= 15 is 0 Å². The number of hydrogen-bond acceptors (Lipinski definition) is 2. The summed E-state index contributed by atoms with van der Waals surface area (Å²) in [7, 11) is 0. The van der Waals surface area contributed by atoms with Crippen molar-refractivity contribution in [2.45, 2.75) is 39.7 Å². The number of rotatable bonds is 4. The van der Waals surface area contributed by atoms with Gasteiger partial charge >= 0.3 is 0 Å².